The molecule has 1 aliphatic rings. The van der Waals surface area contributed by atoms with Crippen LogP contribution in [0, 0.1) is 11.3 Å². The fourth-order valence-corrected chi connectivity index (χ4v) is 3.65. The van der Waals surface area contributed by atoms with E-state index in [9.17, 15) is 14.9 Å². The lowest BCUT2D eigenvalue weighted by Gasteiger charge is -2.27. The first-order chi connectivity index (χ1) is 14.9. The second kappa shape index (κ2) is 7.88. The molecule has 2 heterocycles. The predicted octanol–water partition coefficient (Wildman–Crippen LogP) is 1.88. The van der Waals surface area contributed by atoms with Crippen molar-refractivity contribution in [2.75, 3.05) is 0 Å². The lowest BCUT2D eigenvalue weighted by Crippen LogP contribution is -2.42. The summed E-state index contributed by atoms with van der Waals surface area (Å²) in [6.07, 6.45) is 0. The quantitative estimate of drug-likeness (QED) is 0.695. The smallest absolute Gasteiger partial charge is 0.333 e. The third-order valence-corrected chi connectivity index (χ3v) is 5.25. The zero-order chi connectivity index (χ0) is 22.1. The third kappa shape index (κ3) is 3.46. The number of rotatable bonds is 4. The normalized spacial score (nSPS) is 15.1. The Morgan fingerprint density at radius 2 is 1.84 bits per heavy atom. The molecule has 8 heteroatoms. The molecule has 2 aromatic carbocycles. The van der Waals surface area contributed by atoms with Crippen LogP contribution >= 0.6 is 0 Å². The van der Waals surface area contributed by atoms with E-state index in [1.165, 1.54) is 18.7 Å². The van der Waals surface area contributed by atoms with Crippen LogP contribution in [0.4, 0.5) is 0 Å². The van der Waals surface area contributed by atoms with Crippen molar-refractivity contribution in [2.24, 2.45) is 19.8 Å². The molecule has 0 radical (unpaired) electrons. The van der Waals surface area contributed by atoms with Gasteiger partial charge in [0.2, 0.25) is 11.8 Å². The van der Waals surface area contributed by atoms with E-state index in [1.54, 1.807) is 24.3 Å². The van der Waals surface area contributed by atoms with Crippen molar-refractivity contribution >= 4 is 0 Å². The van der Waals surface area contributed by atoms with Gasteiger partial charge in [-0.25, -0.2) is 4.79 Å². The van der Waals surface area contributed by atoms with Gasteiger partial charge in [-0.1, -0.05) is 42.5 Å². The molecule has 0 saturated heterocycles. The summed E-state index contributed by atoms with van der Waals surface area (Å²) in [6, 6.07) is 18.9. The maximum absolute atomic E-state index is 13.0. The van der Waals surface area contributed by atoms with Crippen molar-refractivity contribution in [2.45, 2.75) is 12.5 Å². The number of nitriles is 1. The van der Waals surface area contributed by atoms with Crippen molar-refractivity contribution in [3.8, 4) is 17.7 Å². The van der Waals surface area contributed by atoms with Crippen LogP contribution in [-0.4, -0.2) is 9.13 Å². The fraction of sp³-hybridized carbons (Fsp3) is 0.174. The minimum absolute atomic E-state index is 0.0326. The molecule has 0 aliphatic carbocycles. The van der Waals surface area contributed by atoms with Crippen molar-refractivity contribution in [1.82, 2.24) is 9.13 Å². The van der Waals surface area contributed by atoms with E-state index in [4.69, 9.17) is 15.2 Å². The summed E-state index contributed by atoms with van der Waals surface area (Å²) in [5.74, 6) is -0.324. The minimum Gasteiger partial charge on any atom is -0.489 e. The number of hydrogen-bond donors (Lipinski definition) is 1. The molecule has 31 heavy (non-hydrogen) atoms. The van der Waals surface area contributed by atoms with Gasteiger partial charge in [0, 0.05) is 14.1 Å². The summed E-state index contributed by atoms with van der Waals surface area (Å²) in [6.45, 7) is 0.369. The molecule has 0 bridgehead atoms. The Morgan fingerprint density at radius 3 is 2.55 bits per heavy atom. The molecule has 2 N–H and O–H groups in total. The molecule has 1 aliphatic heterocycles. The number of nitrogens with two attached hydrogens (primary N) is 1. The van der Waals surface area contributed by atoms with Crippen molar-refractivity contribution in [3.63, 3.8) is 0 Å². The number of fused-ring (bicyclic) bond motifs is 1. The molecule has 156 valence electrons. The van der Waals surface area contributed by atoms with Crippen LogP contribution in [0.25, 0.3) is 0 Å². The van der Waals surface area contributed by atoms with Gasteiger partial charge in [-0.3, -0.25) is 13.9 Å². The molecule has 1 aromatic heterocycles. The van der Waals surface area contributed by atoms with Gasteiger partial charge in [-0.05, 0) is 23.3 Å². The van der Waals surface area contributed by atoms with Gasteiger partial charge in [0.1, 0.15) is 24.0 Å². The van der Waals surface area contributed by atoms with Gasteiger partial charge >= 0.3 is 5.69 Å². The van der Waals surface area contributed by atoms with E-state index in [2.05, 4.69) is 6.07 Å². The molecular weight excluding hydrogens is 396 g/mol. The highest BCUT2D eigenvalue weighted by Crippen LogP contribution is 2.40. The van der Waals surface area contributed by atoms with Crippen LogP contribution in [0.2, 0.25) is 0 Å². The van der Waals surface area contributed by atoms with Crippen LogP contribution in [0.5, 0.6) is 11.6 Å². The lowest BCUT2D eigenvalue weighted by atomic mass is 9.85. The third-order valence-electron chi connectivity index (χ3n) is 5.25. The summed E-state index contributed by atoms with van der Waals surface area (Å²) in [5, 5.41) is 9.75. The number of nitrogens with zero attached hydrogens (tertiary/aromatic N) is 3. The molecule has 0 saturated carbocycles. The Balaban J connectivity index is 1.82. The highest BCUT2D eigenvalue weighted by atomic mass is 16.5. The van der Waals surface area contributed by atoms with E-state index in [0.717, 1.165) is 10.1 Å². The van der Waals surface area contributed by atoms with Crippen molar-refractivity contribution in [1.29, 1.82) is 5.26 Å². The van der Waals surface area contributed by atoms with Crippen LogP contribution in [0.1, 0.15) is 22.6 Å². The van der Waals surface area contributed by atoms with E-state index in [0.29, 0.717) is 17.9 Å². The summed E-state index contributed by atoms with van der Waals surface area (Å²) in [5.41, 5.74) is 6.82. The van der Waals surface area contributed by atoms with E-state index >= 15 is 0 Å². The Bertz CT molecular complexity index is 1350. The van der Waals surface area contributed by atoms with Crippen molar-refractivity contribution < 1.29 is 9.47 Å². The van der Waals surface area contributed by atoms with Gasteiger partial charge in [0.25, 0.3) is 5.56 Å². The average molecular weight is 416 g/mol. The molecular formula is C23H20N4O4. The topological polar surface area (TPSA) is 112 Å². The standard InChI is InChI=1S/C23H20N4O4/c1-26-21(28)19-18(17(12-24)20(25)31-22(19)27(2)23(26)29)15-9-6-10-16(11-15)30-13-14-7-4-3-5-8-14/h3-11,18H,13,25H2,1-2H3/t18-/m1/s1. The maximum atomic E-state index is 13.0. The second-order valence-corrected chi connectivity index (χ2v) is 7.20. The number of hydrogen-bond acceptors (Lipinski definition) is 6. The number of benzene rings is 2. The van der Waals surface area contributed by atoms with Crippen LogP contribution in [0.15, 0.2) is 75.6 Å². The second-order valence-electron chi connectivity index (χ2n) is 7.20. The predicted molar refractivity (Wildman–Crippen MR) is 113 cm³/mol. The molecule has 0 amide bonds. The molecule has 3 aromatic rings. The molecule has 8 nitrogen and oxygen atoms in total. The highest BCUT2D eigenvalue weighted by molar-refractivity contribution is 5.54. The Kier molecular flexibility index (Phi) is 5.09. The SMILES string of the molecule is Cn1c2c(c(=O)n(C)c1=O)[C@H](c1cccc(OCc3ccccc3)c1)C(C#N)=C(N)O2. The monoisotopic (exact) mass is 416 g/mol. The number of aromatic nitrogens is 2. The Labute approximate surface area is 178 Å². The zero-order valence-corrected chi connectivity index (χ0v) is 17.0. The van der Waals surface area contributed by atoms with Gasteiger partial charge in [0.05, 0.1) is 11.5 Å². The average Bonchev–Trinajstić information content (AvgIpc) is 2.80. The van der Waals surface area contributed by atoms with Gasteiger partial charge in [-0.15, -0.1) is 0 Å². The largest absolute Gasteiger partial charge is 0.489 e. The first kappa shape index (κ1) is 20.0. The first-order valence-electron chi connectivity index (χ1n) is 9.56. The summed E-state index contributed by atoms with van der Waals surface area (Å²) in [7, 11) is 2.87. The van der Waals surface area contributed by atoms with Crippen molar-refractivity contribution in [3.05, 3.63) is 104 Å². The minimum atomic E-state index is -0.792. The lowest BCUT2D eigenvalue weighted by molar-refractivity contribution is 0.305. The molecule has 0 spiro atoms. The first-order valence-corrected chi connectivity index (χ1v) is 9.56. The molecule has 0 unspecified atom stereocenters. The van der Waals surface area contributed by atoms with E-state index in [-0.39, 0.29) is 22.9 Å². The Hall–Kier alpha value is -4.25. The van der Waals surface area contributed by atoms with E-state index in [1.807, 2.05) is 30.3 Å². The Morgan fingerprint density at radius 1 is 1.10 bits per heavy atom. The maximum Gasteiger partial charge on any atom is 0.333 e. The summed E-state index contributed by atoms with van der Waals surface area (Å²) >= 11 is 0. The zero-order valence-electron chi connectivity index (χ0n) is 17.0. The van der Waals surface area contributed by atoms with Gasteiger partial charge in [-0.2, -0.15) is 5.26 Å². The summed E-state index contributed by atoms with van der Waals surface area (Å²) in [4.78, 5) is 25.3. The summed E-state index contributed by atoms with van der Waals surface area (Å²) < 4.78 is 13.6. The number of ether oxygens (including phenoxy) is 2. The fourth-order valence-electron chi connectivity index (χ4n) is 3.65. The highest BCUT2D eigenvalue weighted by Gasteiger charge is 2.36. The van der Waals surface area contributed by atoms with Crippen LogP contribution < -0.4 is 26.5 Å². The molecule has 4 rings (SSSR count). The van der Waals surface area contributed by atoms with Crippen LogP contribution in [-0.2, 0) is 20.7 Å². The molecule has 1 atom stereocenters. The van der Waals surface area contributed by atoms with Gasteiger partial charge < -0.3 is 15.2 Å². The van der Waals surface area contributed by atoms with Crippen LogP contribution in [0.3, 0.4) is 0 Å². The van der Waals surface area contributed by atoms with E-state index < -0.39 is 17.2 Å². The number of allylic oxidation sites excluding steroid dienone is 1. The molecule has 0 fully saturated rings. The van der Waals surface area contributed by atoms with Gasteiger partial charge in [0.15, 0.2) is 0 Å².